The number of benzene rings is 1. The van der Waals surface area contributed by atoms with Crippen LogP contribution in [0.5, 0.6) is 5.75 Å². The van der Waals surface area contributed by atoms with Gasteiger partial charge in [-0.15, -0.1) is 5.10 Å². The summed E-state index contributed by atoms with van der Waals surface area (Å²) in [6, 6.07) is 5.96. The van der Waals surface area contributed by atoms with Crippen molar-refractivity contribution in [3.05, 3.63) is 81.8 Å². The van der Waals surface area contributed by atoms with Crippen LogP contribution in [0, 0.1) is 6.92 Å². The molecule has 4 aromatic heterocycles. The molecular weight excluding hydrogens is 673 g/mol. The fourth-order valence-electron chi connectivity index (χ4n) is 6.00. The van der Waals surface area contributed by atoms with Gasteiger partial charge in [-0.05, 0) is 49.2 Å². The summed E-state index contributed by atoms with van der Waals surface area (Å²) in [6.45, 7) is 4.76. The van der Waals surface area contributed by atoms with E-state index in [-0.39, 0.29) is 72.7 Å². The summed E-state index contributed by atoms with van der Waals surface area (Å²) in [4.78, 5) is 52.9. The second-order valence-electron chi connectivity index (χ2n) is 11.9. The maximum Gasteiger partial charge on any atom is 0.416 e. The van der Waals surface area contributed by atoms with E-state index in [4.69, 9.17) is 4.74 Å². The summed E-state index contributed by atoms with van der Waals surface area (Å²) in [5, 5.41) is 21.7. The Kier molecular flexibility index (Phi) is 9.77. The number of aromatic hydroxyl groups is 1. The van der Waals surface area contributed by atoms with E-state index in [1.165, 1.54) is 36.2 Å². The van der Waals surface area contributed by atoms with Gasteiger partial charge in [-0.1, -0.05) is 6.92 Å². The molecule has 0 saturated carbocycles. The first-order valence-corrected chi connectivity index (χ1v) is 16.1. The molecule has 18 heteroatoms. The number of fused-ring (bicyclic) bond motifs is 1. The average Bonchev–Trinajstić information content (AvgIpc) is 3.77. The first kappa shape index (κ1) is 35.1. The van der Waals surface area contributed by atoms with E-state index in [1.54, 1.807) is 28.8 Å². The number of ether oxygens (including phenoxy) is 1. The van der Waals surface area contributed by atoms with E-state index in [0.29, 0.717) is 30.8 Å². The molecule has 0 atom stereocenters. The molecule has 0 bridgehead atoms. The number of carbonyl (C=O) groups excluding carboxylic acids is 2. The van der Waals surface area contributed by atoms with E-state index in [1.807, 2.05) is 11.8 Å². The van der Waals surface area contributed by atoms with Crippen molar-refractivity contribution >= 4 is 29.0 Å². The zero-order valence-electron chi connectivity index (χ0n) is 28.0. The molecule has 1 saturated heterocycles. The molecule has 5 aromatic rings. The van der Waals surface area contributed by atoms with Crippen LogP contribution in [0.4, 0.5) is 24.5 Å². The number of alkyl halides is 3. The van der Waals surface area contributed by atoms with Crippen LogP contribution in [-0.2, 0) is 35.2 Å². The summed E-state index contributed by atoms with van der Waals surface area (Å²) >= 11 is 0. The second kappa shape index (κ2) is 14.2. The monoisotopic (exact) mass is 708 g/mol. The zero-order valence-corrected chi connectivity index (χ0v) is 28.0. The summed E-state index contributed by atoms with van der Waals surface area (Å²) in [7, 11) is 1.57. The predicted molar refractivity (Wildman–Crippen MR) is 179 cm³/mol. The van der Waals surface area contributed by atoms with Crippen molar-refractivity contribution in [3.63, 3.8) is 0 Å². The number of nitrogens with one attached hydrogen (secondary N) is 1. The fourth-order valence-corrected chi connectivity index (χ4v) is 6.00. The highest BCUT2D eigenvalue weighted by atomic mass is 19.4. The minimum absolute atomic E-state index is 0.0704. The maximum absolute atomic E-state index is 14.2. The minimum Gasteiger partial charge on any atom is -0.505 e. The standard InChI is InChI=1S/C33H35F3N10O5/c1-4-24-28(42-10-12-43(13-11-42)30(49)27-25(47)6-5-9-37-27)31(50)46-32(40-29(41-46)21-17-38-44(18-21)14-15-51-3)45(24)19-26(48)39-23-8-7-22(16-20(23)2)33(34,35)36/h5-9,16-18,47H,4,10-15,19H2,1-3H3,(H,39,48). The van der Waals surface area contributed by atoms with Crippen LogP contribution in [0.3, 0.4) is 0 Å². The van der Waals surface area contributed by atoms with Gasteiger partial charge in [0, 0.05) is 51.4 Å². The largest absolute Gasteiger partial charge is 0.505 e. The van der Waals surface area contributed by atoms with Gasteiger partial charge in [0.25, 0.3) is 11.5 Å². The van der Waals surface area contributed by atoms with Crippen molar-refractivity contribution in [1.29, 1.82) is 0 Å². The maximum atomic E-state index is 14.2. The third kappa shape index (κ3) is 7.12. The molecule has 0 radical (unpaired) electrons. The van der Waals surface area contributed by atoms with Gasteiger partial charge in [0.05, 0.1) is 36.2 Å². The Bertz CT molecular complexity index is 2150. The molecular formula is C33H35F3N10O5. The second-order valence-corrected chi connectivity index (χ2v) is 11.9. The minimum atomic E-state index is -4.54. The van der Waals surface area contributed by atoms with Gasteiger partial charge in [0.1, 0.15) is 18.0 Å². The molecule has 0 spiro atoms. The molecule has 15 nitrogen and oxygen atoms in total. The quantitative estimate of drug-likeness (QED) is 0.220. The van der Waals surface area contributed by atoms with Crippen LogP contribution in [0.25, 0.3) is 17.2 Å². The van der Waals surface area contributed by atoms with Crippen molar-refractivity contribution in [1.82, 2.24) is 38.8 Å². The van der Waals surface area contributed by atoms with Crippen LogP contribution in [0.2, 0.25) is 0 Å². The highest BCUT2D eigenvalue weighted by Crippen LogP contribution is 2.32. The van der Waals surface area contributed by atoms with E-state index in [2.05, 4.69) is 25.5 Å². The van der Waals surface area contributed by atoms with Crippen LogP contribution in [0.15, 0.2) is 53.7 Å². The number of piperazine rings is 1. The highest BCUT2D eigenvalue weighted by Gasteiger charge is 2.32. The molecule has 268 valence electrons. The van der Waals surface area contributed by atoms with Gasteiger partial charge in [-0.2, -0.15) is 27.8 Å². The van der Waals surface area contributed by atoms with Crippen molar-refractivity contribution in [2.24, 2.45) is 0 Å². The molecule has 0 unspecified atom stereocenters. The first-order chi connectivity index (χ1) is 24.4. The van der Waals surface area contributed by atoms with Gasteiger partial charge in [0.15, 0.2) is 11.5 Å². The number of hydrogen-bond acceptors (Lipinski definition) is 10. The number of carbonyl (C=O) groups is 2. The normalized spacial score (nSPS) is 13.6. The Labute approximate surface area is 288 Å². The van der Waals surface area contributed by atoms with Gasteiger partial charge in [-0.3, -0.25) is 19.1 Å². The number of methoxy groups -OCH3 is 1. The summed E-state index contributed by atoms with van der Waals surface area (Å²) in [5.74, 6) is -0.972. The van der Waals surface area contributed by atoms with Crippen LogP contribution < -0.4 is 15.8 Å². The number of aromatic nitrogens is 7. The lowest BCUT2D eigenvalue weighted by Crippen LogP contribution is -2.51. The Morgan fingerprint density at radius 1 is 1.12 bits per heavy atom. The zero-order chi connectivity index (χ0) is 36.4. The number of anilines is 2. The topological polar surface area (TPSA) is 165 Å². The van der Waals surface area contributed by atoms with E-state index in [9.17, 15) is 32.7 Å². The lowest BCUT2D eigenvalue weighted by atomic mass is 10.1. The molecule has 1 fully saturated rings. The number of rotatable bonds is 10. The highest BCUT2D eigenvalue weighted by molar-refractivity contribution is 5.95. The van der Waals surface area contributed by atoms with Crippen LogP contribution in [0.1, 0.15) is 34.2 Å². The summed E-state index contributed by atoms with van der Waals surface area (Å²) < 4.78 is 49.2. The summed E-state index contributed by atoms with van der Waals surface area (Å²) in [5.41, 5.74) is 0.305. The van der Waals surface area contributed by atoms with Crippen LogP contribution >= 0.6 is 0 Å². The number of halogens is 3. The SMILES string of the molecule is CCc1c(N2CCN(C(=O)c3ncccc3O)CC2)c(=O)n2nc(-c3cnn(CCOC)c3)nc2n1CC(=O)Nc1ccc(C(F)(F)F)cc1C. The molecule has 2 N–H and O–H groups in total. The van der Waals surface area contributed by atoms with E-state index >= 15 is 0 Å². The Morgan fingerprint density at radius 3 is 2.55 bits per heavy atom. The average molecular weight is 709 g/mol. The van der Waals surface area contributed by atoms with Gasteiger partial charge in [-0.25, -0.2) is 4.98 Å². The lowest BCUT2D eigenvalue weighted by molar-refractivity contribution is -0.137. The molecule has 1 aliphatic heterocycles. The Hall–Kier alpha value is -5.78. The predicted octanol–water partition coefficient (Wildman–Crippen LogP) is 2.99. The first-order valence-electron chi connectivity index (χ1n) is 16.1. The number of nitrogens with zero attached hydrogens (tertiary/aromatic N) is 9. The smallest absolute Gasteiger partial charge is 0.416 e. The van der Waals surface area contributed by atoms with Crippen LogP contribution in [-0.4, -0.2) is 95.6 Å². The van der Waals surface area contributed by atoms with E-state index in [0.717, 1.165) is 16.6 Å². The molecule has 51 heavy (non-hydrogen) atoms. The molecule has 0 aliphatic carbocycles. The summed E-state index contributed by atoms with van der Waals surface area (Å²) in [6.07, 6.45) is 0.439. The number of hydrogen-bond donors (Lipinski definition) is 2. The lowest BCUT2D eigenvalue weighted by Gasteiger charge is -2.36. The Balaban J connectivity index is 1.36. The van der Waals surface area contributed by atoms with Crippen molar-refractivity contribution in [2.45, 2.75) is 39.5 Å². The van der Waals surface area contributed by atoms with Crippen molar-refractivity contribution in [2.75, 3.05) is 50.1 Å². The third-order valence-electron chi connectivity index (χ3n) is 8.58. The van der Waals surface area contributed by atoms with Gasteiger partial charge >= 0.3 is 6.18 Å². The van der Waals surface area contributed by atoms with Crippen molar-refractivity contribution < 1.29 is 32.6 Å². The number of aryl methyl sites for hydroxylation is 1. The Morgan fingerprint density at radius 2 is 1.88 bits per heavy atom. The molecule has 6 rings (SSSR count). The molecule has 5 heterocycles. The van der Waals surface area contributed by atoms with Crippen molar-refractivity contribution in [3.8, 4) is 17.1 Å². The number of pyridine rings is 1. The van der Waals surface area contributed by atoms with E-state index < -0.39 is 29.1 Å². The van der Waals surface area contributed by atoms with Gasteiger partial charge in [0.2, 0.25) is 11.7 Å². The van der Waals surface area contributed by atoms with Gasteiger partial charge < -0.3 is 29.5 Å². The molecule has 1 aliphatic rings. The molecule has 2 amide bonds. The third-order valence-corrected chi connectivity index (χ3v) is 8.58. The number of amides is 2. The fraction of sp³-hybridized carbons (Fsp3) is 0.364. The molecule has 1 aromatic carbocycles.